The van der Waals surface area contributed by atoms with E-state index in [1.54, 1.807) is 0 Å². The summed E-state index contributed by atoms with van der Waals surface area (Å²) in [5.41, 5.74) is 0. The minimum Gasteiger partial charge on any atom is -0.465 e. The van der Waals surface area contributed by atoms with Crippen LogP contribution in [0.2, 0.25) is 0 Å². The van der Waals surface area contributed by atoms with Crippen molar-refractivity contribution in [3.63, 3.8) is 0 Å². The Bertz CT molecular complexity index is 290. The van der Waals surface area contributed by atoms with Crippen LogP contribution in [0.4, 0.5) is 4.79 Å². The van der Waals surface area contributed by atoms with Gasteiger partial charge in [-0.2, -0.15) is 0 Å². The minimum absolute atomic E-state index is 0.0464. The summed E-state index contributed by atoms with van der Waals surface area (Å²) in [7, 11) is 0. The predicted molar refractivity (Wildman–Crippen MR) is 76.2 cm³/mol. The van der Waals surface area contributed by atoms with E-state index >= 15 is 0 Å². The number of carboxylic acid groups (broad SMARTS) is 1. The van der Waals surface area contributed by atoms with Crippen LogP contribution in [0, 0.1) is 5.92 Å². The molecule has 0 spiro atoms. The fourth-order valence-electron chi connectivity index (χ4n) is 2.25. The number of rotatable bonds is 8. The number of hydrogen-bond acceptors (Lipinski definition) is 2. The van der Waals surface area contributed by atoms with Gasteiger partial charge in [-0.05, 0) is 40.5 Å². The van der Waals surface area contributed by atoms with Gasteiger partial charge in [0.05, 0.1) is 0 Å². The highest BCUT2D eigenvalue weighted by Gasteiger charge is 2.22. The van der Waals surface area contributed by atoms with Crippen LogP contribution in [0.25, 0.3) is 0 Å². The average molecular weight is 272 g/mol. The van der Waals surface area contributed by atoms with E-state index in [1.165, 1.54) is 4.90 Å². The second kappa shape index (κ2) is 8.77. The van der Waals surface area contributed by atoms with Gasteiger partial charge in [-0.25, -0.2) is 4.79 Å². The van der Waals surface area contributed by atoms with E-state index in [9.17, 15) is 9.59 Å². The predicted octanol–water partition coefficient (Wildman–Crippen LogP) is 2.66. The fourth-order valence-corrected chi connectivity index (χ4v) is 2.25. The highest BCUT2D eigenvalue weighted by molar-refractivity contribution is 5.78. The first-order valence-corrected chi connectivity index (χ1v) is 7.17. The van der Waals surface area contributed by atoms with E-state index in [0.29, 0.717) is 13.0 Å². The van der Waals surface area contributed by atoms with Gasteiger partial charge in [0.1, 0.15) is 0 Å². The van der Waals surface area contributed by atoms with Gasteiger partial charge in [0.15, 0.2) is 0 Å². The van der Waals surface area contributed by atoms with Crippen molar-refractivity contribution in [2.24, 2.45) is 5.92 Å². The summed E-state index contributed by atoms with van der Waals surface area (Å²) in [5, 5.41) is 9.03. The largest absolute Gasteiger partial charge is 0.465 e. The van der Waals surface area contributed by atoms with Crippen LogP contribution in [0.1, 0.15) is 47.5 Å². The van der Waals surface area contributed by atoms with Gasteiger partial charge in [-0.15, -0.1) is 0 Å². The smallest absolute Gasteiger partial charge is 0.407 e. The third kappa shape index (κ3) is 5.49. The van der Waals surface area contributed by atoms with Gasteiger partial charge in [0.25, 0.3) is 0 Å². The van der Waals surface area contributed by atoms with E-state index in [0.717, 1.165) is 19.5 Å². The van der Waals surface area contributed by atoms with Crippen LogP contribution in [-0.4, -0.2) is 52.6 Å². The van der Waals surface area contributed by atoms with Gasteiger partial charge in [-0.3, -0.25) is 4.79 Å². The summed E-state index contributed by atoms with van der Waals surface area (Å²) in [4.78, 5) is 26.3. The summed E-state index contributed by atoms with van der Waals surface area (Å²) >= 11 is 0. The molecule has 0 rings (SSSR count). The minimum atomic E-state index is -0.891. The molecule has 0 aromatic heterocycles. The Morgan fingerprint density at radius 3 is 1.89 bits per heavy atom. The SMILES string of the molecule is CCN(CC)C(=O)C(C)CCC(C)N(CC)C(=O)O. The van der Waals surface area contributed by atoms with Crippen molar-refractivity contribution in [3.8, 4) is 0 Å². The van der Waals surface area contributed by atoms with Crippen molar-refractivity contribution in [2.45, 2.75) is 53.5 Å². The summed E-state index contributed by atoms with van der Waals surface area (Å²) in [6.07, 6.45) is 0.548. The van der Waals surface area contributed by atoms with Gasteiger partial charge in [-0.1, -0.05) is 6.92 Å². The maximum absolute atomic E-state index is 12.1. The Kier molecular flexibility index (Phi) is 8.19. The average Bonchev–Trinajstić information content (AvgIpc) is 2.37. The van der Waals surface area contributed by atoms with Crippen LogP contribution in [0.15, 0.2) is 0 Å². The molecule has 1 N–H and O–H groups in total. The number of hydrogen-bond donors (Lipinski definition) is 1. The molecule has 0 bridgehead atoms. The first kappa shape index (κ1) is 17.7. The molecule has 0 heterocycles. The highest BCUT2D eigenvalue weighted by atomic mass is 16.4. The quantitative estimate of drug-likeness (QED) is 0.739. The number of nitrogens with zero attached hydrogens (tertiary/aromatic N) is 2. The molecule has 0 aliphatic rings. The Balaban J connectivity index is 4.32. The van der Waals surface area contributed by atoms with Crippen LogP contribution in [-0.2, 0) is 4.79 Å². The van der Waals surface area contributed by atoms with E-state index < -0.39 is 6.09 Å². The number of amides is 2. The number of carbonyl (C=O) groups excluding carboxylic acids is 1. The van der Waals surface area contributed by atoms with Gasteiger partial charge in [0.2, 0.25) is 5.91 Å². The first-order valence-electron chi connectivity index (χ1n) is 7.17. The molecule has 5 heteroatoms. The van der Waals surface area contributed by atoms with Crippen molar-refractivity contribution < 1.29 is 14.7 Å². The highest BCUT2D eigenvalue weighted by Crippen LogP contribution is 2.15. The Morgan fingerprint density at radius 1 is 1.00 bits per heavy atom. The summed E-state index contributed by atoms with van der Waals surface area (Å²) < 4.78 is 0. The van der Waals surface area contributed by atoms with Crippen molar-refractivity contribution >= 4 is 12.0 Å². The second-order valence-corrected chi connectivity index (χ2v) is 4.91. The monoisotopic (exact) mass is 272 g/mol. The standard InChI is InChI=1S/C14H28N2O3/c1-6-15(7-2)13(17)11(4)9-10-12(5)16(8-3)14(18)19/h11-12H,6-10H2,1-5H3,(H,18,19). The summed E-state index contributed by atoms with van der Waals surface area (Å²) in [5.74, 6) is 0.116. The summed E-state index contributed by atoms with van der Waals surface area (Å²) in [6, 6.07) is -0.0468. The molecule has 19 heavy (non-hydrogen) atoms. The van der Waals surface area contributed by atoms with Gasteiger partial charge < -0.3 is 14.9 Å². The van der Waals surface area contributed by atoms with Crippen LogP contribution in [0.3, 0.4) is 0 Å². The lowest BCUT2D eigenvalue weighted by atomic mass is 10.00. The molecule has 112 valence electrons. The Morgan fingerprint density at radius 2 is 1.53 bits per heavy atom. The zero-order valence-corrected chi connectivity index (χ0v) is 12.8. The van der Waals surface area contributed by atoms with Gasteiger partial charge in [0, 0.05) is 31.6 Å². The fraction of sp³-hybridized carbons (Fsp3) is 0.857. The first-order chi connectivity index (χ1) is 8.88. The molecule has 2 unspecified atom stereocenters. The van der Waals surface area contributed by atoms with Crippen LogP contribution >= 0.6 is 0 Å². The van der Waals surface area contributed by atoms with Gasteiger partial charge >= 0.3 is 6.09 Å². The molecule has 0 radical (unpaired) electrons. The third-order valence-electron chi connectivity index (χ3n) is 3.63. The lowest BCUT2D eigenvalue weighted by molar-refractivity contribution is -0.134. The molecule has 5 nitrogen and oxygen atoms in total. The Hall–Kier alpha value is -1.26. The van der Waals surface area contributed by atoms with E-state index in [4.69, 9.17) is 5.11 Å². The molecular formula is C14H28N2O3. The molecule has 2 atom stereocenters. The van der Waals surface area contributed by atoms with Crippen molar-refractivity contribution in [1.29, 1.82) is 0 Å². The molecule has 0 aromatic carbocycles. The van der Waals surface area contributed by atoms with Crippen molar-refractivity contribution in [1.82, 2.24) is 9.80 Å². The third-order valence-corrected chi connectivity index (χ3v) is 3.63. The summed E-state index contributed by atoms with van der Waals surface area (Å²) in [6.45, 7) is 11.5. The molecule has 0 aliphatic heterocycles. The van der Waals surface area contributed by atoms with Crippen molar-refractivity contribution in [2.75, 3.05) is 19.6 Å². The molecule has 0 saturated heterocycles. The maximum atomic E-state index is 12.1. The zero-order valence-electron chi connectivity index (χ0n) is 12.8. The lowest BCUT2D eigenvalue weighted by Gasteiger charge is -2.27. The zero-order chi connectivity index (χ0) is 15.0. The Labute approximate surface area is 116 Å². The molecule has 0 saturated carbocycles. The van der Waals surface area contributed by atoms with Crippen LogP contribution < -0.4 is 0 Å². The number of carbonyl (C=O) groups is 2. The molecule has 0 aliphatic carbocycles. The molecule has 2 amide bonds. The molecular weight excluding hydrogens is 244 g/mol. The molecule has 0 fully saturated rings. The normalized spacial score (nSPS) is 13.7. The lowest BCUT2D eigenvalue weighted by Crippen LogP contribution is -2.39. The second-order valence-electron chi connectivity index (χ2n) is 4.91. The van der Waals surface area contributed by atoms with Crippen molar-refractivity contribution in [3.05, 3.63) is 0 Å². The van der Waals surface area contributed by atoms with E-state index in [-0.39, 0.29) is 17.9 Å². The van der Waals surface area contributed by atoms with E-state index in [2.05, 4.69) is 0 Å². The van der Waals surface area contributed by atoms with E-state index in [1.807, 2.05) is 39.5 Å². The maximum Gasteiger partial charge on any atom is 0.407 e. The molecule has 0 aromatic rings. The topological polar surface area (TPSA) is 60.9 Å². The van der Waals surface area contributed by atoms with Crippen LogP contribution in [0.5, 0.6) is 0 Å².